The van der Waals surface area contributed by atoms with Crippen LogP contribution in [0.2, 0.25) is 0 Å². The summed E-state index contributed by atoms with van der Waals surface area (Å²) in [6.07, 6.45) is 12.8. The summed E-state index contributed by atoms with van der Waals surface area (Å²) < 4.78 is 7.73. The Kier molecular flexibility index (Phi) is 5.51. The number of ether oxygens (including phenoxy) is 1. The van der Waals surface area contributed by atoms with E-state index in [2.05, 4.69) is 33.3 Å². The number of nitrogens with zero attached hydrogens (tertiary/aromatic N) is 4. The summed E-state index contributed by atoms with van der Waals surface area (Å²) in [5, 5.41) is 0. The molecule has 0 amide bonds. The molecule has 1 fully saturated rings. The summed E-state index contributed by atoms with van der Waals surface area (Å²) >= 11 is 0. The molecule has 130 valence electrons. The minimum atomic E-state index is 0.620. The number of imidazole rings is 1. The quantitative estimate of drug-likeness (QED) is 0.815. The molecule has 0 spiro atoms. The van der Waals surface area contributed by atoms with Crippen LogP contribution in [0, 0.1) is 13.8 Å². The van der Waals surface area contributed by atoms with E-state index in [-0.39, 0.29) is 0 Å². The Labute approximate surface area is 144 Å². The smallest absolute Gasteiger partial charge is 0.128 e. The maximum atomic E-state index is 5.56. The van der Waals surface area contributed by atoms with E-state index >= 15 is 0 Å². The second-order valence-corrected chi connectivity index (χ2v) is 6.76. The van der Waals surface area contributed by atoms with Gasteiger partial charge in [0.15, 0.2) is 0 Å². The number of pyridine rings is 1. The fourth-order valence-electron chi connectivity index (χ4n) is 3.74. The van der Waals surface area contributed by atoms with E-state index in [0.717, 1.165) is 36.6 Å². The summed E-state index contributed by atoms with van der Waals surface area (Å²) in [4.78, 5) is 11.4. The number of aromatic nitrogens is 3. The highest BCUT2D eigenvalue weighted by Gasteiger charge is 2.24. The zero-order chi connectivity index (χ0) is 16.9. The zero-order valence-corrected chi connectivity index (χ0v) is 15.0. The fraction of sp³-hybridized carbons (Fsp3) is 0.579. The summed E-state index contributed by atoms with van der Waals surface area (Å²) in [6, 6.07) is 0.620. The van der Waals surface area contributed by atoms with Gasteiger partial charge in [0.2, 0.25) is 0 Å². The van der Waals surface area contributed by atoms with Gasteiger partial charge in [-0.3, -0.25) is 9.88 Å². The molecule has 2 aromatic rings. The van der Waals surface area contributed by atoms with E-state index in [0.29, 0.717) is 6.04 Å². The van der Waals surface area contributed by atoms with E-state index in [1.54, 1.807) is 7.11 Å². The van der Waals surface area contributed by atoms with E-state index in [4.69, 9.17) is 4.74 Å². The molecule has 5 heteroatoms. The molecule has 24 heavy (non-hydrogen) atoms. The summed E-state index contributed by atoms with van der Waals surface area (Å²) in [5.74, 6) is 0.979. The molecule has 0 bridgehead atoms. The number of hydrogen-bond donors (Lipinski definition) is 0. The Morgan fingerprint density at radius 3 is 2.92 bits per heavy atom. The highest BCUT2D eigenvalue weighted by atomic mass is 16.5. The van der Waals surface area contributed by atoms with Gasteiger partial charge in [0.1, 0.15) is 5.75 Å². The van der Waals surface area contributed by atoms with Crippen molar-refractivity contribution in [2.75, 3.05) is 13.7 Å². The molecule has 1 aliphatic heterocycles. The second-order valence-electron chi connectivity index (χ2n) is 6.76. The normalized spacial score (nSPS) is 18.7. The Hall–Kier alpha value is -1.88. The van der Waals surface area contributed by atoms with Gasteiger partial charge in [-0.25, -0.2) is 4.98 Å². The highest BCUT2D eigenvalue weighted by molar-refractivity contribution is 5.41. The molecule has 0 N–H and O–H groups in total. The van der Waals surface area contributed by atoms with Gasteiger partial charge in [-0.2, -0.15) is 0 Å². The topological polar surface area (TPSA) is 43.2 Å². The molecule has 0 radical (unpaired) electrons. The second kappa shape index (κ2) is 7.79. The molecule has 0 aliphatic carbocycles. The number of piperidine rings is 1. The van der Waals surface area contributed by atoms with Crippen LogP contribution in [0.15, 0.2) is 24.9 Å². The van der Waals surface area contributed by atoms with Crippen LogP contribution in [0.1, 0.15) is 42.5 Å². The van der Waals surface area contributed by atoms with Crippen molar-refractivity contribution < 1.29 is 4.74 Å². The SMILES string of the molecule is COc1c(C)cnc(CN2CCCCC2CCn2ccnc2)c1C. The van der Waals surface area contributed by atoms with Crippen molar-refractivity contribution in [1.29, 1.82) is 0 Å². The summed E-state index contributed by atoms with van der Waals surface area (Å²) in [7, 11) is 1.74. The average molecular weight is 328 g/mol. The maximum absolute atomic E-state index is 5.56. The largest absolute Gasteiger partial charge is 0.496 e. The molecule has 1 aliphatic rings. The van der Waals surface area contributed by atoms with Crippen LogP contribution in [-0.4, -0.2) is 39.1 Å². The van der Waals surface area contributed by atoms with Gasteiger partial charge in [-0.05, 0) is 39.7 Å². The number of likely N-dealkylation sites (tertiary alicyclic amines) is 1. The van der Waals surface area contributed by atoms with Crippen molar-refractivity contribution in [2.24, 2.45) is 0 Å². The van der Waals surface area contributed by atoms with Crippen molar-refractivity contribution >= 4 is 0 Å². The van der Waals surface area contributed by atoms with E-state index in [1.807, 2.05) is 24.9 Å². The van der Waals surface area contributed by atoms with Crippen molar-refractivity contribution in [2.45, 2.75) is 58.7 Å². The molecule has 3 heterocycles. The predicted octanol–water partition coefficient (Wildman–Crippen LogP) is 3.35. The summed E-state index contributed by atoms with van der Waals surface area (Å²) in [5.41, 5.74) is 3.43. The van der Waals surface area contributed by atoms with Crippen LogP contribution in [0.5, 0.6) is 5.75 Å². The third kappa shape index (κ3) is 3.78. The van der Waals surface area contributed by atoms with Crippen LogP contribution in [0.3, 0.4) is 0 Å². The minimum absolute atomic E-state index is 0.620. The molecule has 2 aromatic heterocycles. The Morgan fingerprint density at radius 1 is 1.29 bits per heavy atom. The Balaban J connectivity index is 1.69. The fourth-order valence-corrected chi connectivity index (χ4v) is 3.74. The third-order valence-electron chi connectivity index (χ3n) is 5.13. The third-order valence-corrected chi connectivity index (χ3v) is 5.13. The van der Waals surface area contributed by atoms with Crippen LogP contribution in [-0.2, 0) is 13.1 Å². The van der Waals surface area contributed by atoms with Gasteiger partial charge in [-0.1, -0.05) is 6.42 Å². The molecular weight excluding hydrogens is 300 g/mol. The first kappa shape index (κ1) is 17.0. The molecule has 5 nitrogen and oxygen atoms in total. The predicted molar refractivity (Wildman–Crippen MR) is 95.2 cm³/mol. The first-order chi connectivity index (χ1) is 11.7. The lowest BCUT2D eigenvalue weighted by Gasteiger charge is -2.36. The monoisotopic (exact) mass is 328 g/mol. The number of aryl methyl sites for hydroxylation is 2. The summed E-state index contributed by atoms with van der Waals surface area (Å²) in [6.45, 7) is 7.28. The van der Waals surface area contributed by atoms with Gasteiger partial charge in [0, 0.05) is 48.8 Å². The van der Waals surface area contributed by atoms with Gasteiger partial charge in [0.05, 0.1) is 19.1 Å². The van der Waals surface area contributed by atoms with Gasteiger partial charge in [0.25, 0.3) is 0 Å². The van der Waals surface area contributed by atoms with Crippen LogP contribution in [0.4, 0.5) is 0 Å². The standard InChI is InChI=1S/C19H28N4O/c1-15-12-21-18(16(2)19(15)24-3)13-23-9-5-4-6-17(23)7-10-22-11-8-20-14-22/h8,11-12,14,17H,4-7,9-10,13H2,1-3H3. The first-order valence-electron chi connectivity index (χ1n) is 8.88. The minimum Gasteiger partial charge on any atom is -0.496 e. The van der Waals surface area contributed by atoms with E-state index in [1.165, 1.54) is 31.2 Å². The maximum Gasteiger partial charge on any atom is 0.128 e. The highest BCUT2D eigenvalue weighted by Crippen LogP contribution is 2.27. The molecule has 1 unspecified atom stereocenters. The Bertz CT molecular complexity index is 654. The molecule has 1 atom stereocenters. The van der Waals surface area contributed by atoms with Crippen LogP contribution < -0.4 is 4.74 Å². The van der Waals surface area contributed by atoms with E-state index in [9.17, 15) is 0 Å². The number of hydrogen-bond acceptors (Lipinski definition) is 4. The lowest BCUT2D eigenvalue weighted by atomic mass is 9.98. The lowest BCUT2D eigenvalue weighted by Crippen LogP contribution is -2.39. The van der Waals surface area contributed by atoms with Crippen molar-refractivity contribution in [3.63, 3.8) is 0 Å². The molecule has 3 rings (SSSR count). The first-order valence-corrected chi connectivity index (χ1v) is 8.88. The number of rotatable bonds is 6. The van der Waals surface area contributed by atoms with Gasteiger partial charge < -0.3 is 9.30 Å². The van der Waals surface area contributed by atoms with Crippen LogP contribution in [0.25, 0.3) is 0 Å². The lowest BCUT2D eigenvalue weighted by molar-refractivity contribution is 0.126. The van der Waals surface area contributed by atoms with Crippen molar-refractivity contribution in [3.05, 3.63) is 41.7 Å². The zero-order valence-electron chi connectivity index (χ0n) is 15.0. The van der Waals surface area contributed by atoms with E-state index < -0.39 is 0 Å². The van der Waals surface area contributed by atoms with Crippen molar-refractivity contribution in [1.82, 2.24) is 19.4 Å². The van der Waals surface area contributed by atoms with Gasteiger partial charge in [-0.15, -0.1) is 0 Å². The molecule has 1 saturated heterocycles. The molecule has 0 aromatic carbocycles. The van der Waals surface area contributed by atoms with Crippen LogP contribution >= 0.6 is 0 Å². The average Bonchev–Trinajstić information content (AvgIpc) is 3.10. The Morgan fingerprint density at radius 2 is 2.17 bits per heavy atom. The molecule has 0 saturated carbocycles. The number of methoxy groups -OCH3 is 1. The molecular formula is C19H28N4O. The van der Waals surface area contributed by atoms with Crippen molar-refractivity contribution in [3.8, 4) is 5.75 Å². The van der Waals surface area contributed by atoms with Gasteiger partial charge >= 0.3 is 0 Å².